The monoisotopic (exact) mass is 493 g/mol. The second kappa shape index (κ2) is 10.6. The summed E-state index contributed by atoms with van der Waals surface area (Å²) in [4.78, 5) is 33.2. The molecular formula is C12H18Br3NO5. The van der Waals surface area contributed by atoms with E-state index in [-0.39, 0.29) is 19.1 Å². The van der Waals surface area contributed by atoms with E-state index in [0.717, 1.165) is 0 Å². The smallest absolute Gasteiger partial charge is 0.319 e. The van der Waals surface area contributed by atoms with Crippen molar-refractivity contribution in [1.29, 1.82) is 0 Å². The maximum Gasteiger partial charge on any atom is 0.319 e. The van der Waals surface area contributed by atoms with Crippen LogP contribution in [-0.4, -0.2) is 51.6 Å². The van der Waals surface area contributed by atoms with Gasteiger partial charge in [0.05, 0.1) is 10.9 Å². The lowest BCUT2D eigenvalue weighted by Crippen LogP contribution is -2.45. The molecule has 0 saturated carbocycles. The zero-order chi connectivity index (χ0) is 16.6. The van der Waals surface area contributed by atoms with Crippen LogP contribution in [0.15, 0.2) is 0 Å². The number of amides is 1. The first-order valence-corrected chi connectivity index (χ1v) is 8.95. The van der Waals surface area contributed by atoms with Gasteiger partial charge in [0, 0.05) is 0 Å². The van der Waals surface area contributed by atoms with Crippen LogP contribution in [0.1, 0.15) is 20.8 Å². The molecule has 0 rings (SSSR count). The van der Waals surface area contributed by atoms with Gasteiger partial charge in [0.2, 0.25) is 5.91 Å². The van der Waals surface area contributed by atoms with Crippen LogP contribution in [0, 0.1) is 0 Å². The van der Waals surface area contributed by atoms with E-state index in [1.54, 1.807) is 20.8 Å². The van der Waals surface area contributed by atoms with Gasteiger partial charge in [0.15, 0.2) is 0 Å². The van der Waals surface area contributed by atoms with Crippen molar-refractivity contribution in [3.05, 3.63) is 0 Å². The van der Waals surface area contributed by atoms with Crippen molar-refractivity contribution in [2.45, 2.75) is 41.3 Å². The molecule has 122 valence electrons. The lowest BCUT2D eigenvalue weighted by molar-refractivity contribution is -0.147. The standard InChI is InChI=1S/C12H18Br3NO5/c1-6(13)10(17)16-9(4-20-11(18)7(2)14)5-21-12(19)8(3)15/h6-9H,4-5H2,1-3H3,(H,16,17). The van der Waals surface area contributed by atoms with Gasteiger partial charge in [-0.25, -0.2) is 0 Å². The second-order valence-corrected chi connectivity index (χ2v) is 8.43. The van der Waals surface area contributed by atoms with Crippen LogP contribution in [0.5, 0.6) is 0 Å². The number of carbonyl (C=O) groups is 3. The summed E-state index contributed by atoms with van der Waals surface area (Å²) >= 11 is 9.30. The summed E-state index contributed by atoms with van der Waals surface area (Å²) in [6, 6.07) is -0.608. The Kier molecular flexibility index (Phi) is 10.5. The zero-order valence-electron chi connectivity index (χ0n) is 11.9. The van der Waals surface area contributed by atoms with Crippen LogP contribution in [0.3, 0.4) is 0 Å². The number of esters is 2. The molecule has 1 amide bonds. The van der Waals surface area contributed by atoms with Crippen LogP contribution in [0.25, 0.3) is 0 Å². The van der Waals surface area contributed by atoms with Crippen LogP contribution >= 0.6 is 47.8 Å². The van der Waals surface area contributed by atoms with Gasteiger partial charge in [-0.2, -0.15) is 0 Å². The minimum atomic E-state index is -0.608. The first-order valence-electron chi connectivity index (χ1n) is 6.21. The Labute approximate surface area is 149 Å². The average molecular weight is 496 g/mol. The molecule has 6 nitrogen and oxygen atoms in total. The van der Waals surface area contributed by atoms with Gasteiger partial charge in [-0.05, 0) is 20.8 Å². The fourth-order valence-corrected chi connectivity index (χ4v) is 1.44. The van der Waals surface area contributed by atoms with Crippen molar-refractivity contribution < 1.29 is 23.9 Å². The van der Waals surface area contributed by atoms with Crippen molar-refractivity contribution in [2.75, 3.05) is 13.2 Å². The Morgan fingerprint density at radius 1 is 0.857 bits per heavy atom. The molecule has 0 saturated heterocycles. The molecule has 0 aromatic rings. The maximum absolute atomic E-state index is 11.7. The third-order valence-corrected chi connectivity index (χ3v) is 3.37. The summed E-state index contributed by atoms with van der Waals surface area (Å²) in [6.45, 7) is 4.76. The minimum absolute atomic E-state index is 0.0792. The zero-order valence-corrected chi connectivity index (χ0v) is 16.7. The number of carbonyl (C=O) groups excluding carboxylic acids is 3. The first kappa shape index (κ1) is 20.9. The molecule has 0 bridgehead atoms. The van der Waals surface area contributed by atoms with E-state index in [2.05, 4.69) is 53.1 Å². The Morgan fingerprint density at radius 3 is 1.52 bits per heavy atom. The number of hydrogen-bond donors (Lipinski definition) is 1. The van der Waals surface area contributed by atoms with Gasteiger partial charge < -0.3 is 14.8 Å². The van der Waals surface area contributed by atoms with Crippen LogP contribution in [-0.2, 0) is 23.9 Å². The summed E-state index contributed by atoms with van der Waals surface area (Å²) in [7, 11) is 0. The molecular weight excluding hydrogens is 478 g/mol. The summed E-state index contributed by atoms with van der Waals surface area (Å²) in [6.07, 6.45) is 0. The highest BCUT2D eigenvalue weighted by atomic mass is 79.9. The van der Waals surface area contributed by atoms with Crippen molar-refractivity contribution >= 4 is 65.6 Å². The maximum atomic E-state index is 11.7. The van der Waals surface area contributed by atoms with Gasteiger partial charge in [-0.1, -0.05) is 47.8 Å². The number of ether oxygens (including phenoxy) is 2. The quantitative estimate of drug-likeness (QED) is 0.411. The number of nitrogens with one attached hydrogen (secondary N) is 1. The van der Waals surface area contributed by atoms with E-state index in [9.17, 15) is 14.4 Å². The summed E-state index contributed by atoms with van der Waals surface area (Å²) in [5, 5.41) is 2.63. The summed E-state index contributed by atoms with van der Waals surface area (Å²) in [5.41, 5.74) is 0. The van der Waals surface area contributed by atoms with Crippen molar-refractivity contribution in [3.63, 3.8) is 0 Å². The number of alkyl halides is 3. The van der Waals surface area contributed by atoms with E-state index >= 15 is 0 Å². The topological polar surface area (TPSA) is 81.7 Å². The van der Waals surface area contributed by atoms with Gasteiger partial charge in [0.25, 0.3) is 0 Å². The average Bonchev–Trinajstić information content (AvgIpc) is 2.40. The van der Waals surface area contributed by atoms with Crippen molar-refractivity contribution in [2.24, 2.45) is 0 Å². The molecule has 3 atom stereocenters. The molecule has 0 aliphatic heterocycles. The van der Waals surface area contributed by atoms with E-state index in [4.69, 9.17) is 9.47 Å². The van der Waals surface area contributed by atoms with Crippen LogP contribution < -0.4 is 5.32 Å². The van der Waals surface area contributed by atoms with E-state index < -0.39 is 32.5 Å². The third-order valence-electron chi connectivity index (χ3n) is 2.21. The lowest BCUT2D eigenvalue weighted by atomic mass is 10.3. The fourth-order valence-electron chi connectivity index (χ4n) is 1.04. The SMILES string of the molecule is CC(Br)C(=O)NC(COC(=O)C(C)Br)COC(=O)C(C)Br. The molecule has 1 N–H and O–H groups in total. The predicted molar refractivity (Wildman–Crippen MR) is 89.0 cm³/mol. The number of hydrogen-bond acceptors (Lipinski definition) is 5. The molecule has 21 heavy (non-hydrogen) atoms. The Hall–Kier alpha value is -0.150. The van der Waals surface area contributed by atoms with Crippen LogP contribution in [0.4, 0.5) is 0 Å². The van der Waals surface area contributed by atoms with Gasteiger partial charge in [0.1, 0.15) is 22.9 Å². The van der Waals surface area contributed by atoms with Crippen LogP contribution in [0.2, 0.25) is 0 Å². The molecule has 0 aromatic heterocycles. The second-order valence-electron chi connectivity index (χ2n) is 4.31. The normalized spacial score (nSPS) is 16.3. The molecule has 3 unspecified atom stereocenters. The van der Waals surface area contributed by atoms with Gasteiger partial charge in [-0.15, -0.1) is 0 Å². The lowest BCUT2D eigenvalue weighted by Gasteiger charge is -2.20. The molecule has 0 fully saturated rings. The predicted octanol–water partition coefficient (Wildman–Crippen LogP) is 1.91. The Balaban J connectivity index is 4.50. The highest BCUT2D eigenvalue weighted by Gasteiger charge is 2.21. The first-order chi connectivity index (χ1) is 9.65. The Morgan fingerprint density at radius 2 is 1.24 bits per heavy atom. The molecule has 0 radical (unpaired) electrons. The van der Waals surface area contributed by atoms with Gasteiger partial charge in [-0.3, -0.25) is 14.4 Å². The highest BCUT2D eigenvalue weighted by Crippen LogP contribution is 2.04. The number of rotatable bonds is 8. The minimum Gasteiger partial charge on any atom is -0.463 e. The molecule has 9 heteroatoms. The molecule has 0 aliphatic rings. The van der Waals surface area contributed by atoms with Crippen molar-refractivity contribution in [3.8, 4) is 0 Å². The summed E-state index contributed by atoms with van der Waals surface area (Å²) < 4.78 is 10.0. The highest BCUT2D eigenvalue weighted by molar-refractivity contribution is 9.10. The molecule has 0 spiro atoms. The Bertz CT molecular complexity index is 350. The van der Waals surface area contributed by atoms with E-state index in [1.807, 2.05) is 0 Å². The van der Waals surface area contributed by atoms with E-state index in [1.165, 1.54) is 0 Å². The largest absolute Gasteiger partial charge is 0.463 e. The van der Waals surface area contributed by atoms with Gasteiger partial charge >= 0.3 is 11.9 Å². The molecule has 0 aliphatic carbocycles. The molecule has 0 heterocycles. The molecule has 0 aromatic carbocycles. The fraction of sp³-hybridized carbons (Fsp3) is 0.750. The third kappa shape index (κ3) is 9.46. The number of halogens is 3. The van der Waals surface area contributed by atoms with E-state index in [0.29, 0.717) is 0 Å². The summed E-state index contributed by atoms with van der Waals surface area (Å²) in [5.74, 6) is -1.20. The van der Waals surface area contributed by atoms with Crippen molar-refractivity contribution in [1.82, 2.24) is 5.32 Å².